The van der Waals surface area contributed by atoms with Crippen LogP contribution < -0.4 is 0 Å². The Morgan fingerprint density at radius 1 is 1.20 bits per heavy atom. The highest BCUT2D eigenvalue weighted by molar-refractivity contribution is 6.42. The number of hydrogen-bond acceptors (Lipinski definition) is 1. The van der Waals surface area contributed by atoms with Crippen molar-refractivity contribution in [2.45, 2.75) is 12.1 Å². The zero-order valence-corrected chi connectivity index (χ0v) is 8.87. The first-order chi connectivity index (χ1) is 6.86. The fourth-order valence-corrected chi connectivity index (χ4v) is 1.43. The molecule has 1 unspecified atom stereocenters. The Hall–Kier alpha value is -0.450. The van der Waals surface area contributed by atoms with Gasteiger partial charge in [0.15, 0.2) is 0 Å². The van der Waals surface area contributed by atoms with E-state index in [2.05, 4.69) is 0 Å². The molecular formula is C9H7Cl2F3O. The molecule has 0 heterocycles. The fraction of sp³-hybridized carbons (Fsp3) is 0.333. The topological polar surface area (TPSA) is 20.2 Å². The van der Waals surface area contributed by atoms with Gasteiger partial charge in [-0.1, -0.05) is 29.3 Å². The van der Waals surface area contributed by atoms with Crippen molar-refractivity contribution in [3.8, 4) is 0 Å². The second kappa shape index (κ2) is 4.60. The van der Waals surface area contributed by atoms with Crippen molar-refractivity contribution >= 4 is 23.2 Å². The number of benzene rings is 1. The standard InChI is InChI=1S/C9H7Cl2F3O/c10-7-2-1-5(3-8(7)11)6(4-15)9(12,13)14/h1-3,6,15H,4H2. The number of aliphatic hydroxyl groups excluding tert-OH is 1. The molecule has 1 atom stereocenters. The first kappa shape index (κ1) is 12.6. The lowest BCUT2D eigenvalue weighted by molar-refractivity contribution is -0.158. The van der Waals surface area contributed by atoms with Gasteiger partial charge in [0, 0.05) is 0 Å². The minimum atomic E-state index is -4.49. The average molecular weight is 259 g/mol. The molecule has 1 rings (SSSR count). The monoisotopic (exact) mass is 258 g/mol. The first-order valence-corrected chi connectivity index (χ1v) is 4.74. The molecule has 0 radical (unpaired) electrons. The molecule has 0 aliphatic heterocycles. The highest BCUT2D eigenvalue weighted by Gasteiger charge is 2.40. The Morgan fingerprint density at radius 2 is 1.80 bits per heavy atom. The Labute approximate surface area is 94.4 Å². The van der Waals surface area contributed by atoms with E-state index < -0.39 is 18.7 Å². The van der Waals surface area contributed by atoms with Crippen LogP contribution in [0.4, 0.5) is 13.2 Å². The zero-order valence-electron chi connectivity index (χ0n) is 7.35. The highest BCUT2D eigenvalue weighted by atomic mass is 35.5. The van der Waals surface area contributed by atoms with Gasteiger partial charge in [-0.3, -0.25) is 0 Å². The van der Waals surface area contributed by atoms with E-state index in [1.807, 2.05) is 0 Å². The van der Waals surface area contributed by atoms with Gasteiger partial charge in [-0.2, -0.15) is 13.2 Å². The summed E-state index contributed by atoms with van der Waals surface area (Å²) in [6, 6.07) is 3.58. The molecule has 1 nitrogen and oxygen atoms in total. The maximum Gasteiger partial charge on any atom is 0.397 e. The van der Waals surface area contributed by atoms with Crippen LogP contribution in [-0.4, -0.2) is 17.9 Å². The zero-order chi connectivity index (χ0) is 11.6. The molecule has 15 heavy (non-hydrogen) atoms. The van der Waals surface area contributed by atoms with Gasteiger partial charge < -0.3 is 5.11 Å². The molecule has 0 fully saturated rings. The third-order valence-corrected chi connectivity index (χ3v) is 2.66. The van der Waals surface area contributed by atoms with Gasteiger partial charge in [-0.05, 0) is 17.7 Å². The van der Waals surface area contributed by atoms with Crippen molar-refractivity contribution in [3.05, 3.63) is 33.8 Å². The molecule has 0 bridgehead atoms. The van der Waals surface area contributed by atoms with E-state index in [-0.39, 0.29) is 15.6 Å². The molecule has 0 aliphatic rings. The van der Waals surface area contributed by atoms with Gasteiger partial charge in [0.2, 0.25) is 0 Å². The van der Waals surface area contributed by atoms with Gasteiger partial charge in [-0.15, -0.1) is 0 Å². The molecule has 0 spiro atoms. The van der Waals surface area contributed by atoms with Gasteiger partial charge in [0.1, 0.15) is 5.92 Å². The SMILES string of the molecule is OCC(c1ccc(Cl)c(Cl)c1)C(F)(F)F. The van der Waals surface area contributed by atoms with Crippen molar-refractivity contribution in [2.24, 2.45) is 0 Å². The normalized spacial score (nSPS) is 14.0. The lowest BCUT2D eigenvalue weighted by Gasteiger charge is -2.18. The molecule has 0 aliphatic carbocycles. The lowest BCUT2D eigenvalue weighted by Crippen LogP contribution is -2.23. The van der Waals surface area contributed by atoms with Crippen LogP contribution in [0.15, 0.2) is 18.2 Å². The summed E-state index contributed by atoms with van der Waals surface area (Å²) in [4.78, 5) is 0. The van der Waals surface area contributed by atoms with Crippen molar-refractivity contribution in [2.75, 3.05) is 6.61 Å². The Bertz CT molecular complexity index is 352. The average Bonchev–Trinajstić information content (AvgIpc) is 2.10. The summed E-state index contributed by atoms with van der Waals surface area (Å²) in [6.07, 6.45) is -4.49. The Kier molecular flexibility index (Phi) is 3.87. The van der Waals surface area contributed by atoms with E-state index in [0.29, 0.717) is 0 Å². The van der Waals surface area contributed by atoms with Gasteiger partial charge in [0.25, 0.3) is 0 Å². The third kappa shape index (κ3) is 3.00. The van der Waals surface area contributed by atoms with Crippen LogP contribution >= 0.6 is 23.2 Å². The second-order valence-corrected chi connectivity index (χ2v) is 3.76. The minimum absolute atomic E-state index is 0.0388. The van der Waals surface area contributed by atoms with Crippen LogP contribution in [0.1, 0.15) is 11.5 Å². The molecule has 84 valence electrons. The maximum atomic E-state index is 12.4. The molecule has 6 heteroatoms. The number of rotatable bonds is 2. The largest absolute Gasteiger partial charge is 0.397 e. The highest BCUT2D eigenvalue weighted by Crippen LogP contribution is 2.36. The quantitative estimate of drug-likeness (QED) is 0.859. The molecule has 1 aromatic carbocycles. The van der Waals surface area contributed by atoms with Crippen molar-refractivity contribution < 1.29 is 18.3 Å². The smallest absolute Gasteiger partial charge is 0.395 e. The van der Waals surface area contributed by atoms with E-state index in [1.165, 1.54) is 12.1 Å². The third-order valence-electron chi connectivity index (χ3n) is 1.92. The van der Waals surface area contributed by atoms with Gasteiger partial charge in [0.05, 0.1) is 16.7 Å². The van der Waals surface area contributed by atoms with E-state index in [9.17, 15) is 13.2 Å². The van der Waals surface area contributed by atoms with Gasteiger partial charge in [-0.25, -0.2) is 0 Å². The Morgan fingerprint density at radius 3 is 2.20 bits per heavy atom. The van der Waals surface area contributed by atoms with E-state index in [1.54, 1.807) is 0 Å². The Balaban J connectivity index is 3.08. The first-order valence-electron chi connectivity index (χ1n) is 3.98. The van der Waals surface area contributed by atoms with E-state index in [0.717, 1.165) is 6.07 Å². The van der Waals surface area contributed by atoms with Crippen molar-refractivity contribution in [1.82, 2.24) is 0 Å². The molecule has 1 N–H and O–H groups in total. The predicted octanol–water partition coefficient (Wildman–Crippen LogP) is 3.63. The number of alkyl halides is 3. The van der Waals surface area contributed by atoms with Gasteiger partial charge >= 0.3 is 6.18 Å². The molecule has 0 saturated heterocycles. The van der Waals surface area contributed by atoms with Crippen LogP contribution in [0.2, 0.25) is 10.0 Å². The van der Waals surface area contributed by atoms with Crippen molar-refractivity contribution in [3.63, 3.8) is 0 Å². The summed E-state index contributed by atoms with van der Waals surface area (Å²) in [5.74, 6) is -1.92. The van der Waals surface area contributed by atoms with E-state index in [4.69, 9.17) is 28.3 Å². The number of hydrogen-bond donors (Lipinski definition) is 1. The molecule has 1 aromatic rings. The number of aliphatic hydroxyl groups is 1. The predicted molar refractivity (Wildman–Crippen MR) is 52.3 cm³/mol. The van der Waals surface area contributed by atoms with Crippen LogP contribution in [0, 0.1) is 0 Å². The summed E-state index contributed by atoms with van der Waals surface area (Å²) in [7, 11) is 0. The van der Waals surface area contributed by atoms with E-state index >= 15 is 0 Å². The summed E-state index contributed by atoms with van der Waals surface area (Å²) in [5, 5.41) is 8.90. The minimum Gasteiger partial charge on any atom is -0.395 e. The molecule has 0 saturated carbocycles. The molecule has 0 aromatic heterocycles. The maximum absolute atomic E-state index is 12.4. The number of halogens is 5. The fourth-order valence-electron chi connectivity index (χ4n) is 1.13. The summed E-state index contributed by atoms with van der Waals surface area (Å²) in [5.41, 5.74) is -0.0978. The summed E-state index contributed by atoms with van der Waals surface area (Å²) < 4.78 is 37.2. The summed E-state index contributed by atoms with van der Waals surface area (Å²) in [6.45, 7) is -1.01. The van der Waals surface area contributed by atoms with Crippen LogP contribution in [0.25, 0.3) is 0 Å². The van der Waals surface area contributed by atoms with Crippen LogP contribution in [-0.2, 0) is 0 Å². The second-order valence-electron chi connectivity index (χ2n) is 2.95. The summed E-state index contributed by atoms with van der Waals surface area (Å²) >= 11 is 11.2. The van der Waals surface area contributed by atoms with Crippen LogP contribution in [0.3, 0.4) is 0 Å². The van der Waals surface area contributed by atoms with Crippen LogP contribution in [0.5, 0.6) is 0 Å². The lowest BCUT2D eigenvalue weighted by atomic mass is 10.00. The van der Waals surface area contributed by atoms with Crippen molar-refractivity contribution in [1.29, 1.82) is 0 Å². The molecule has 0 amide bonds. The molecular weight excluding hydrogens is 252 g/mol.